The standard InChI is InChI=1S/C12H12N2O4/c1-12(7-14(17)18)10(15)8-5-3-4-6-9(8)13(2)11(12)16/h3-6H,7H2,1-2H3/t12-/m1/s1. The van der Waals surface area contributed by atoms with Gasteiger partial charge in [0, 0.05) is 17.5 Å². The number of fused-ring (bicyclic) bond motifs is 1. The first-order chi connectivity index (χ1) is 8.38. The van der Waals surface area contributed by atoms with Crippen LogP contribution in [0.1, 0.15) is 17.3 Å². The summed E-state index contributed by atoms with van der Waals surface area (Å²) in [5.41, 5.74) is -0.774. The van der Waals surface area contributed by atoms with E-state index in [0.717, 1.165) is 0 Å². The maximum atomic E-state index is 12.3. The van der Waals surface area contributed by atoms with Gasteiger partial charge in [-0.3, -0.25) is 19.7 Å². The molecular formula is C12H12N2O4. The molecule has 0 radical (unpaired) electrons. The Bertz CT molecular complexity index is 555. The SMILES string of the molecule is CN1C(=O)[C@](C)(C[N+](=O)[O-])C(=O)c2ccccc21. The largest absolute Gasteiger partial charge is 0.314 e. The number of anilines is 1. The van der Waals surface area contributed by atoms with E-state index >= 15 is 0 Å². The summed E-state index contributed by atoms with van der Waals surface area (Å²) >= 11 is 0. The van der Waals surface area contributed by atoms with Gasteiger partial charge < -0.3 is 4.90 Å². The Morgan fingerprint density at radius 3 is 2.56 bits per heavy atom. The van der Waals surface area contributed by atoms with Crippen LogP contribution < -0.4 is 4.90 Å². The van der Waals surface area contributed by atoms with E-state index < -0.39 is 28.6 Å². The summed E-state index contributed by atoms with van der Waals surface area (Å²) < 4.78 is 0. The van der Waals surface area contributed by atoms with Crippen molar-refractivity contribution in [1.82, 2.24) is 0 Å². The Morgan fingerprint density at radius 1 is 1.33 bits per heavy atom. The minimum absolute atomic E-state index is 0.351. The van der Waals surface area contributed by atoms with Crippen molar-refractivity contribution in [1.29, 1.82) is 0 Å². The molecule has 1 aromatic rings. The lowest BCUT2D eigenvalue weighted by Crippen LogP contribution is -2.53. The lowest BCUT2D eigenvalue weighted by atomic mass is 9.77. The number of hydrogen-bond donors (Lipinski definition) is 0. The van der Waals surface area contributed by atoms with Crippen molar-refractivity contribution in [3.8, 4) is 0 Å². The number of benzene rings is 1. The van der Waals surface area contributed by atoms with E-state index in [9.17, 15) is 19.7 Å². The predicted octanol–water partition coefficient (Wildman–Crippen LogP) is 1.13. The zero-order valence-electron chi connectivity index (χ0n) is 10.0. The maximum absolute atomic E-state index is 12.3. The topological polar surface area (TPSA) is 80.5 Å². The van der Waals surface area contributed by atoms with Gasteiger partial charge in [0.25, 0.3) is 0 Å². The average Bonchev–Trinajstić information content (AvgIpc) is 2.33. The van der Waals surface area contributed by atoms with E-state index in [1.807, 2.05) is 0 Å². The molecule has 6 nitrogen and oxygen atoms in total. The predicted molar refractivity (Wildman–Crippen MR) is 64.2 cm³/mol. The number of carbonyl (C=O) groups is 2. The van der Waals surface area contributed by atoms with Crippen LogP contribution in [-0.4, -0.2) is 30.2 Å². The molecule has 1 aliphatic rings. The van der Waals surface area contributed by atoms with Crippen molar-refractivity contribution < 1.29 is 14.5 Å². The fourth-order valence-electron chi connectivity index (χ4n) is 2.23. The van der Waals surface area contributed by atoms with Gasteiger partial charge in [0.1, 0.15) is 0 Å². The van der Waals surface area contributed by atoms with Crippen molar-refractivity contribution >= 4 is 17.4 Å². The first-order valence-electron chi connectivity index (χ1n) is 5.41. The molecule has 1 amide bonds. The van der Waals surface area contributed by atoms with Crippen molar-refractivity contribution in [3.63, 3.8) is 0 Å². The van der Waals surface area contributed by atoms with E-state index in [1.165, 1.54) is 18.9 Å². The minimum atomic E-state index is -1.62. The highest BCUT2D eigenvalue weighted by molar-refractivity contribution is 6.24. The number of ketones is 1. The molecule has 0 bridgehead atoms. The molecule has 0 N–H and O–H groups in total. The van der Waals surface area contributed by atoms with Crippen molar-refractivity contribution in [2.24, 2.45) is 5.41 Å². The molecule has 0 saturated heterocycles. The van der Waals surface area contributed by atoms with E-state index in [2.05, 4.69) is 0 Å². The molecule has 0 spiro atoms. The number of hydrogen-bond acceptors (Lipinski definition) is 4. The highest BCUT2D eigenvalue weighted by atomic mass is 16.6. The molecule has 1 aromatic carbocycles. The summed E-state index contributed by atoms with van der Waals surface area (Å²) in [6.45, 7) is 0.635. The van der Waals surface area contributed by atoms with E-state index in [4.69, 9.17) is 0 Å². The number of carbonyl (C=O) groups excluding carboxylic acids is 2. The number of nitro groups is 1. The number of para-hydroxylation sites is 1. The Kier molecular flexibility index (Phi) is 2.65. The normalized spacial score (nSPS) is 22.9. The van der Waals surface area contributed by atoms with Crippen LogP contribution in [0, 0.1) is 15.5 Å². The summed E-state index contributed by atoms with van der Waals surface area (Å²) in [5.74, 6) is -1.03. The maximum Gasteiger partial charge on any atom is 0.247 e. The van der Waals surface area contributed by atoms with Gasteiger partial charge in [-0.2, -0.15) is 0 Å². The molecule has 1 heterocycles. The van der Waals surface area contributed by atoms with Crippen LogP contribution in [0.3, 0.4) is 0 Å². The lowest BCUT2D eigenvalue weighted by molar-refractivity contribution is -0.489. The Balaban J connectivity index is 2.58. The molecule has 18 heavy (non-hydrogen) atoms. The van der Waals surface area contributed by atoms with Gasteiger partial charge >= 0.3 is 0 Å². The second-order valence-corrected chi connectivity index (χ2v) is 4.53. The van der Waals surface area contributed by atoms with Gasteiger partial charge in [0.2, 0.25) is 12.5 Å². The first-order valence-corrected chi connectivity index (χ1v) is 5.41. The highest BCUT2D eigenvalue weighted by Gasteiger charge is 2.52. The van der Waals surface area contributed by atoms with Gasteiger partial charge in [-0.25, -0.2) is 0 Å². The summed E-state index contributed by atoms with van der Waals surface area (Å²) in [4.78, 5) is 35.8. The molecular weight excluding hydrogens is 236 g/mol. The van der Waals surface area contributed by atoms with Crippen LogP contribution in [0.25, 0.3) is 0 Å². The quantitative estimate of drug-likeness (QED) is 0.446. The molecule has 0 aromatic heterocycles. The fourth-order valence-corrected chi connectivity index (χ4v) is 2.23. The number of rotatable bonds is 2. The zero-order valence-corrected chi connectivity index (χ0v) is 10.0. The zero-order chi connectivity index (χ0) is 13.5. The number of amides is 1. The molecule has 94 valence electrons. The van der Waals surface area contributed by atoms with Crippen molar-refractivity contribution in [3.05, 3.63) is 39.9 Å². The van der Waals surface area contributed by atoms with Gasteiger partial charge in [0.05, 0.1) is 5.69 Å². The van der Waals surface area contributed by atoms with E-state index in [1.54, 1.807) is 24.3 Å². The van der Waals surface area contributed by atoms with E-state index in [-0.39, 0.29) is 0 Å². The monoisotopic (exact) mass is 248 g/mol. The summed E-state index contributed by atoms with van der Waals surface area (Å²) in [5, 5.41) is 10.7. The average molecular weight is 248 g/mol. The summed E-state index contributed by atoms with van der Waals surface area (Å²) in [7, 11) is 1.52. The first kappa shape index (κ1) is 12.2. The minimum Gasteiger partial charge on any atom is -0.314 e. The Labute approximate surface area is 103 Å². The van der Waals surface area contributed by atoms with Crippen molar-refractivity contribution in [2.75, 3.05) is 18.5 Å². The molecule has 0 saturated carbocycles. The third-order valence-electron chi connectivity index (χ3n) is 3.23. The van der Waals surface area contributed by atoms with Crippen LogP contribution in [0.15, 0.2) is 24.3 Å². The van der Waals surface area contributed by atoms with Gasteiger partial charge in [-0.1, -0.05) is 12.1 Å². The van der Waals surface area contributed by atoms with E-state index in [0.29, 0.717) is 11.3 Å². The molecule has 6 heteroatoms. The molecule has 1 aliphatic heterocycles. The van der Waals surface area contributed by atoms with Crippen LogP contribution in [0.5, 0.6) is 0 Å². The number of Topliss-reactive ketones (excluding diaryl/α,β-unsaturated/α-hetero) is 1. The Morgan fingerprint density at radius 2 is 1.94 bits per heavy atom. The molecule has 0 fully saturated rings. The summed E-state index contributed by atoms with van der Waals surface area (Å²) in [6, 6.07) is 6.62. The smallest absolute Gasteiger partial charge is 0.247 e. The molecule has 0 aliphatic carbocycles. The molecule has 0 unspecified atom stereocenters. The molecule has 2 rings (SSSR count). The van der Waals surface area contributed by atoms with Crippen LogP contribution >= 0.6 is 0 Å². The van der Waals surface area contributed by atoms with Crippen LogP contribution in [-0.2, 0) is 4.79 Å². The van der Waals surface area contributed by atoms with Gasteiger partial charge in [-0.05, 0) is 19.1 Å². The lowest BCUT2D eigenvalue weighted by Gasteiger charge is -2.34. The second kappa shape index (κ2) is 3.90. The summed E-state index contributed by atoms with van der Waals surface area (Å²) in [6.07, 6.45) is 0. The van der Waals surface area contributed by atoms with Crippen LogP contribution in [0.4, 0.5) is 5.69 Å². The highest BCUT2D eigenvalue weighted by Crippen LogP contribution is 2.36. The van der Waals surface area contributed by atoms with Gasteiger partial charge in [0.15, 0.2) is 11.2 Å². The number of nitrogens with zero attached hydrogens (tertiary/aromatic N) is 2. The third-order valence-corrected chi connectivity index (χ3v) is 3.23. The second-order valence-electron chi connectivity index (χ2n) is 4.53. The van der Waals surface area contributed by atoms with Gasteiger partial charge in [-0.15, -0.1) is 0 Å². The fraction of sp³-hybridized carbons (Fsp3) is 0.333. The Hall–Kier alpha value is -2.24. The molecule has 1 atom stereocenters. The van der Waals surface area contributed by atoms with Crippen molar-refractivity contribution in [2.45, 2.75) is 6.92 Å². The van der Waals surface area contributed by atoms with Crippen LogP contribution in [0.2, 0.25) is 0 Å². The third kappa shape index (κ3) is 1.57.